The zero-order valence-electron chi connectivity index (χ0n) is 9.98. The molecule has 0 unspecified atom stereocenters. The van der Waals surface area contributed by atoms with E-state index in [0.29, 0.717) is 0 Å². The van der Waals surface area contributed by atoms with Gasteiger partial charge >= 0.3 is 5.97 Å². The average Bonchev–Trinajstić information content (AvgIpc) is 2.33. The van der Waals surface area contributed by atoms with Gasteiger partial charge in [0.1, 0.15) is 17.1 Å². The molecule has 0 fully saturated rings. The standard InChI is InChI=1S/C14H10F2O3/c1-8-2-4-10(14(17)18)13(6-8)19-9-3-5-11(15)12(16)7-9/h2-7H,1H3,(H,17,18). The van der Waals surface area contributed by atoms with Crippen molar-refractivity contribution in [1.82, 2.24) is 0 Å². The lowest BCUT2D eigenvalue weighted by molar-refractivity contribution is 0.0694. The molecular formula is C14H10F2O3. The maximum absolute atomic E-state index is 13.0. The first-order valence-electron chi connectivity index (χ1n) is 5.44. The Morgan fingerprint density at radius 2 is 1.84 bits per heavy atom. The summed E-state index contributed by atoms with van der Waals surface area (Å²) in [6, 6.07) is 7.55. The van der Waals surface area contributed by atoms with Gasteiger partial charge < -0.3 is 9.84 Å². The van der Waals surface area contributed by atoms with Crippen molar-refractivity contribution in [3.63, 3.8) is 0 Å². The number of hydrogen-bond donors (Lipinski definition) is 1. The molecule has 3 nitrogen and oxygen atoms in total. The van der Waals surface area contributed by atoms with Gasteiger partial charge in [0.25, 0.3) is 0 Å². The largest absolute Gasteiger partial charge is 0.478 e. The first kappa shape index (κ1) is 13.0. The van der Waals surface area contributed by atoms with E-state index in [-0.39, 0.29) is 17.1 Å². The van der Waals surface area contributed by atoms with Crippen LogP contribution in [0, 0.1) is 18.6 Å². The molecule has 1 N–H and O–H groups in total. The summed E-state index contributed by atoms with van der Waals surface area (Å²) in [4.78, 5) is 11.0. The Labute approximate surface area is 108 Å². The molecule has 0 radical (unpaired) electrons. The second kappa shape index (κ2) is 5.06. The third kappa shape index (κ3) is 2.88. The van der Waals surface area contributed by atoms with Gasteiger partial charge in [0.2, 0.25) is 0 Å². The predicted molar refractivity (Wildman–Crippen MR) is 64.6 cm³/mol. The second-order valence-corrected chi connectivity index (χ2v) is 3.98. The fourth-order valence-corrected chi connectivity index (χ4v) is 1.56. The van der Waals surface area contributed by atoms with E-state index in [1.54, 1.807) is 13.0 Å². The molecule has 2 aromatic carbocycles. The Balaban J connectivity index is 2.39. The van der Waals surface area contributed by atoms with Crippen molar-refractivity contribution in [2.45, 2.75) is 6.92 Å². The van der Waals surface area contributed by atoms with Gasteiger partial charge in [-0.25, -0.2) is 13.6 Å². The fraction of sp³-hybridized carbons (Fsp3) is 0.0714. The van der Waals surface area contributed by atoms with Gasteiger partial charge in [-0.3, -0.25) is 0 Å². The van der Waals surface area contributed by atoms with Gasteiger partial charge in [-0.15, -0.1) is 0 Å². The predicted octanol–water partition coefficient (Wildman–Crippen LogP) is 3.76. The highest BCUT2D eigenvalue weighted by molar-refractivity contribution is 5.91. The van der Waals surface area contributed by atoms with Crippen LogP contribution in [0.3, 0.4) is 0 Å². The Kier molecular flexibility index (Phi) is 3.46. The summed E-state index contributed by atoms with van der Waals surface area (Å²) in [5.74, 6) is -3.08. The number of carbonyl (C=O) groups is 1. The number of hydrogen-bond acceptors (Lipinski definition) is 2. The second-order valence-electron chi connectivity index (χ2n) is 3.98. The molecule has 2 rings (SSSR count). The smallest absolute Gasteiger partial charge is 0.339 e. The lowest BCUT2D eigenvalue weighted by Gasteiger charge is -2.09. The van der Waals surface area contributed by atoms with Crippen molar-refractivity contribution in [3.05, 3.63) is 59.2 Å². The summed E-state index contributed by atoms with van der Waals surface area (Å²) in [6.45, 7) is 1.77. The third-order valence-corrected chi connectivity index (χ3v) is 2.49. The van der Waals surface area contributed by atoms with Crippen LogP contribution in [0.5, 0.6) is 11.5 Å². The van der Waals surface area contributed by atoms with Crippen LogP contribution in [0.4, 0.5) is 8.78 Å². The number of ether oxygens (including phenoxy) is 1. The molecule has 98 valence electrons. The Morgan fingerprint density at radius 3 is 2.47 bits per heavy atom. The Morgan fingerprint density at radius 1 is 1.11 bits per heavy atom. The summed E-state index contributed by atoms with van der Waals surface area (Å²) >= 11 is 0. The lowest BCUT2D eigenvalue weighted by Crippen LogP contribution is -2.00. The van der Waals surface area contributed by atoms with Crippen LogP contribution in [-0.4, -0.2) is 11.1 Å². The maximum atomic E-state index is 13.0. The van der Waals surface area contributed by atoms with Crippen molar-refractivity contribution < 1.29 is 23.4 Å². The summed E-state index contributed by atoms with van der Waals surface area (Å²) in [5.41, 5.74) is 0.748. The monoisotopic (exact) mass is 264 g/mol. The van der Waals surface area contributed by atoms with E-state index in [2.05, 4.69) is 0 Å². The summed E-state index contributed by atoms with van der Waals surface area (Å²) < 4.78 is 31.1. The van der Waals surface area contributed by atoms with E-state index in [1.807, 2.05) is 0 Å². The van der Waals surface area contributed by atoms with Crippen LogP contribution < -0.4 is 4.74 Å². The number of halogens is 2. The first-order valence-corrected chi connectivity index (χ1v) is 5.44. The molecule has 0 aliphatic carbocycles. The van der Waals surface area contributed by atoms with Crippen LogP contribution in [0.2, 0.25) is 0 Å². The van der Waals surface area contributed by atoms with E-state index in [4.69, 9.17) is 9.84 Å². The number of benzene rings is 2. The first-order chi connectivity index (χ1) is 8.97. The molecule has 19 heavy (non-hydrogen) atoms. The third-order valence-electron chi connectivity index (χ3n) is 2.49. The van der Waals surface area contributed by atoms with Gasteiger partial charge in [0.05, 0.1) is 0 Å². The van der Waals surface area contributed by atoms with E-state index >= 15 is 0 Å². The van der Waals surface area contributed by atoms with Crippen LogP contribution >= 0.6 is 0 Å². The Bertz CT molecular complexity index is 639. The molecule has 0 saturated carbocycles. The number of rotatable bonds is 3. The van der Waals surface area contributed by atoms with Gasteiger partial charge in [0, 0.05) is 6.07 Å². The normalized spacial score (nSPS) is 10.3. The van der Waals surface area contributed by atoms with Crippen molar-refractivity contribution >= 4 is 5.97 Å². The number of aromatic carboxylic acids is 1. The molecule has 0 aliphatic heterocycles. The number of carboxylic acid groups (broad SMARTS) is 1. The van der Waals surface area contributed by atoms with Crippen LogP contribution in [0.15, 0.2) is 36.4 Å². The van der Waals surface area contributed by atoms with E-state index < -0.39 is 17.6 Å². The zero-order valence-corrected chi connectivity index (χ0v) is 9.98. The van der Waals surface area contributed by atoms with Crippen LogP contribution in [0.25, 0.3) is 0 Å². The average molecular weight is 264 g/mol. The van der Waals surface area contributed by atoms with Crippen molar-refractivity contribution in [1.29, 1.82) is 0 Å². The molecule has 0 spiro atoms. The molecule has 0 aliphatic rings. The molecule has 5 heteroatoms. The minimum atomic E-state index is -1.16. The SMILES string of the molecule is Cc1ccc(C(=O)O)c(Oc2ccc(F)c(F)c2)c1. The van der Waals surface area contributed by atoms with Crippen molar-refractivity contribution in [2.24, 2.45) is 0 Å². The molecule has 2 aromatic rings. The highest BCUT2D eigenvalue weighted by atomic mass is 19.2. The molecule has 0 amide bonds. The Hall–Kier alpha value is -2.43. The van der Waals surface area contributed by atoms with Crippen molar-refractivity contribution in [3.8, 4) is 11.5 Å². The van der Waals surface area contributed by atoms with Crippen molar-refractivity contribution in [2.75, 3.05) is 0 Å². The van der Waals surface area contributed by atoms with Gasteiger partial charge in [-0.2, -0.15) is 0 Å². The van der Waals surface area contributed by atoms with Gasteiger partial charge in [0.15, 0.2) is 11.6 Å². The molecule has 0 saturated heterocycles. The summed E-state index contributed by atoms with van der Waals surface area (Å²) in [7, 11) is 0. The van der Waals surface area contributed by atoms with Gasteiger partial charge in [-0.1, -0.05) is 6.07 Å². The minimum Gasteiger partial charge on any atom is -0.478 e. The maximum Gasteiger partial charge on any atom is 0.339 e. The topological polar surface area (TPSA) is 46.5 Å². The quantitative estimate of drug-likeness (QED) is 0.918. The zero-order chi connectivity index (χ0) is 14.0. The van der Waals surface area contributed by atoms with Crippen LogP contribution in [0.1, 0.15) is 15.9 Å². The highest BCUT2D eigenvalue weighted by Gasteiger charge is 2.13. The van der Waals surface area contributed by atoms with E-state index in [1.165, 1.54) is 18.2 Å². The van der Waals surface area contributed by atoms with Gasteiger partial charge in [-0.05, 0) is 36.8 Å². The van der Waals surface area contributed by atoms with E-state index in [9.17, 15) is 13.6 Å². The lowest BCUT2D eigenvalue weighted by atomic mass is 10.1. The molecule has 0 atom stereocenters. The van der Waals surface area contributed by atoms with E-state index in [0.717, 1.165) is 17.7 Å². The molecule has 0 heterocycles. The minimum absolute atomic E-state index is 0.0343. The number of carboxylic acids is 1. The highest BCUT2D eigenvalue weighted by Crippen LogP contribution is 2.27. The summed E-state index contributed by atoms with van der Waals surface area (Å²) in [5, 5.41) is 9.02. The number of aryl methyl sites for hydroxylation is 1. The molecule has 0 aromatic heterocycles. The fourth-order valence-electron chi connectivity index (χ4n) is 1.56. The van der Waals surface area contributed by atoms with Crippen LogP contribution in [-0.2, 0) is 0 Å². The molecular weight excluding hydrogens is 254 g/mol. The summed E-state index contributed by atoms with van der Waals surface area (Å²) in [6.07, 6.45) is 0. The molecule has 0 bridgehead atoms.